The number of para-hydroxylation sites is 3. The van der Waals surface area contributed by atoms with Gasteiger partial charge in [0.25, 0.3) is 11.8 Å². The van der Waals surface area contributed by atoms with Crippen LogP contribution < -0.4 is 9.64 Å². The van der Waals surface area contributed by atoms with Crippen LogP contribution >= 0.6 is 0 Å². The minimum Gasteiger partial charge on any atom is -0.476 e. The van der Waals surface area contributed by atoms with Crippen LogP contribution in [0.15, 0.2) is 77.4 Å². The number of benzene rings is 2. The van der Waals surface area contributed by atoms with E-state index in [9.17, 15) is 9.59 Å². The fourth-order valence-corrected chi connectivity index (χ4v) is 4.59. The number of hydrogen-bond donors (Lipinski definition) is 0. The summed E-state index contributed by atoms with van der Waals surface area (Å²) >= 11 is 0. The molecular weight excluding hydrogens is 446 g/mol. The second kappa shape index (κ2) is 8.88. The lowest BCUT2D eigenvalue weighted by molar-refractivity contribution is -0.142. The van der Waals surface area contributed by atoms with Gasteiger partial charge in [-0.25, -0.2) is 4.98 Å². The van der Waals surface area contributed by atoms with Crippen LogP contribution in [-0.2, 0) is 9.53 Å². The molecule has 1 atom stereocenters. The van der Waals surface area contributed by atoms with Crippen LogP contribution in [0.2, 0.25) is 0 Å². The second-order valence-corrected chi connectivity index (χ2v) is 8.48. The summed E-state index contributed by atoms with van der Waals surface area (Å²) in [5.41, 5.74) is 2.37. The smallest absolute Gasteiger partial charge is 0.265 e. The molecule has 2 aliphatic heterocycles. The van der Waals surface area contributed by atoms with Crippen LogP contribution in [0.4, 0.5) is 5.69 Å². The van der Waals surface area contributed by atoms with Crippen molar-refractivity contribution in [2.24, 2.45) is 0 Å². The van der Waals surface area contributed by atoms with Gasteiger partial charge in [-0.15, -0.1) is 0 Å². The maximum absolute atomic E-state index is 14.1. The third-order valence-corrected chi connectivity index (χ3v) is 6.34. The predicted molar refractivity (Wildman–Crippen MR) is 129 cm³/mol. The summed E-state index contributed by atoms with van der Waals surface area (Å²) < 4.78 is 17.0. The van der Waals surface area contributed by atoms with E-state index in [1.165, 1.54) is 0 Å². The Balaban J connectivity index is 1.41. The lowest BCUT2D eigenvalue weighted by Gasteiger charge is -2.37. The van der Waals surface area contributed by atoms with Crippen molar-refractivity contribution >= 4 is 28.4 Å². The average molecular weight is 469 g/mol. The number of morpholine rings is 1. The van der Waals surface area contributed by atoms with Gasteiger partial charge in [0, 0.05) is 18.5 Å². The summed E-state index contributed by atoms with van der Waals surface area (Å²) in [4.78, 5) is 35.4. The number of ether oxygens (including phenoxy) is 2. The SMILES string of the molecule is O=C([C@@H]1CN(C(=O)c2cc(-c3ccco3)nc3ccccc23)c2ccccc2O1)N1CCOCC1. The standard InChI is InChI=1S/C27H23N3O5/c31-26(19-16-21(23-10-5-13-34-23)28-20-7-2-1-6-18(19)20)30-17-25(27(32)29-11-14-33-15-12-29)35-24-9-4-3-8-22(24)30/h1-10,13,16,25H,11-12,14-15,17H2/t25-/m0/s1. The third-order valence-electron chi connectivity index (χ3n) is 6.34. The Labute approximate surface area is 201 Å². The molecule has 4 heterocycles. The monoisotopic (exact) mass is 469 g/mol. The normalized spacial score (nSPS) is 17.7. The zero-order valence-corrected chi connectivity index (χ0v) is 18.9. The Morgan fingerprint density at radius 3 is 2.57 bits per heavy atom. The highest BCUT2D eigenvalue weighted by Crippen LogP contribution is 2.36. The van der Waals surface area contributed by atoms with Crippen molar-refractivity contribution in [2.75, 3.05) is 37.7 Å². The summed E-state index contributed by atoms with van der Waals surface area (Å²) in [6.07, 6.45) is 0.776. The van der Waals surface area contributed by atoms with Crippen LogP contribution in [0.5, 0.6) is 5.75 Å². The van der Waals surface area contributed by atoms with Crippen molar-refractivity contribution in [3.8, 4) is 17.2 Å². The number of amides is 2. The molecule has 0 N–H and O–H groups in total. The fourth-order valence-electron chi connectivity index (χ4n) is 4.59. The number of carbonyl (C=O) groups is 2. The zero-order valence-electron chi connectivity index (χ0n) is 18.9. The number of aromatic nitrogens is 1. The van der Waals surface area contributed by atoms with Crippen molar-refractivity contribution in [1.82, 2.24) is 9.88 Å². The summed E-state index contributed by atoms with van der Waals surface area (Å²) in [6, 6.07) is 20.2. The molecule has 2 aliphatic rings. The van der Waals surface area contributed by atoms with E-state index in [4.69, 9.17) is 18.9 Å². The predicted octanol–water partition coefficient (Wildman–Crippen LogP) is 3.76. The highest BCUT2D eigenvalue weighted by atomic mass is 16.5. The molecule has 2 aromatic heterocycles. The molecule has 4 aromatic rings. The van der Waals surface area contributed by atoms with Gasteiger partial charge in [0.05, 0.1) is 42.8 Å². The molecule has 0 radical (unpaired) electrons. The van der Waals surface area contributed by atoms with E-state index in [0.29, 0.717) is 60.3 Å². The van der Waals surface area contributed by atoms with E-state index < -0.39 is 6.10 Å². The van der Waals surface area contributed by atoms with E-state index in [2.05, 4.69) is 0 Å². The van der Waals surface area contributed by atoms with Gasteiger partial charge in [-0.1, -0.05) is 30.3 Å². The van der Waals surface area contributed by atoms with Gasteiger partial charge in [0.2, 0.25) is 0 Å². The summed E-state index contributed by atoms with van der Waals surface area (Å²) in [6.45, 7) is 2.12. The minimum atomic E-state index is -0.801. The van der Waals surface area contributed by atoms with Crippen molar-refractivity contribution in [3.05, 3.63) is 78.6 Å². The van der Waals surface area contributed by atoms with Crippen molar-refractivity contribution in [1.29, 1.82) is 0 Å². The van der Waals surface area contributed by atoms with E-state index >= 15 is 0 Å². The number of fused-ring (bicyclic) bond motifs is 2. The largest absolute Gasteiger partial charge is 0.476 e. The molecule has 8 nitrogen and oxygen atoms in total. The Kier molecular flexibility index (Phi) is 5.42. The Hall–Kier alpha value is -4.17. The summed E-state index contributed by atoms with van der Waals surface area (Å²) in [5.74, 6) is 0.708. The van der Waals surface area contributed by atoms with Crippen molar-refractivity contribution in [3.63, 3.8) is 0 Å². The number of hydrogen-bond acceptors (Lipinski definition) is 6. The zero-order chi connectivity index (χ0) is 23.8. The second-order valence-electron chi connectivity index (χ2n) is 8.48. The van der Waals surface area contributed by atoms with Gasteiger partial charge in [0.1, 0.15) is 11.4 Å². The molecule has 6 rings (SSSR count). The highest BCUT2D eigenvalue weighted by Gasteiger charge is 2.37. The van der Waals surface area contributed by atoms with Crippen LogP contribution in [0.3, 0.4) is 0 Å². The first-order valence-electron chi connectivity index (χ1n) is 11.6. The molecule has 0 bridgehead atoms. The van der Waals surface area contributed by atoms with Crippen molar-refractivity contribution < 1.29 is 23.5 Å². The molecule has 0 spiro atoms. The topological polar surface area (TPSA) is 85.1 Å². The number of anilines is 1. The van der Waals surface area contributed by atoms with Gasteiger partial charge in [-0.05, 0) is 36.4 Å². The molecule has 35 heavy (non-hydrogen) atoms. The molecule has 8 heteroatoms. The molecule has 0 unspecified atom stereocenters. The number of nitrogens with zero attached hydrogens (tertiary/aromatic N) is 3. The van der Waals surface area contributed by atoms with Gasteiger partial charge in [-0.2, -0.15) is 0 Å². The van der Waals surface area contributed by atoms with Gasteiger partial charge in [-0.3, -0.25) is 9.59 Å². The van der Waals surface area contributed by atoms with Gasteiger partial charge >= 0.3 is 0 Å². The number of furan rings is 1. The Morgan fingerprint density at radius 1 is 0.943 bits per heavy atom. The maximum Gasteiger partial charge on any atom is 0.265 e. The molecule has 1 fully saturated rings. The lowest BCUT2D eigenvalue weighted by Crippen LogP contribution is -2.54. The van der Waals surface area contributed by atoms with Crippen LogP contribution in [0.1, 0.15) is 10.4 Å². The molecule has 1 saturated heterocycles. The lowest BCUT2D eigenvalue weighted by atomic mass is 10.0. The summed E-state index contributed by atoms with van der Waals surface area (Å²) in [5, 5.41) is 0.729. The first kappa shape index (κ1) is 21.4. The van der Waals surface area contributed by atoms with Crippen LogP contribution in [-0.4, -0.2) is 60.7 Å². The first-order valence-corrected chi connectivity index (χ1v) is 11.6. The van der Waals surface area contributed by atoms with E-state index in [1.807, 2.05) is 48.5 Å². The Bertz CT molecular complexity index is 1400. The molecule has 176 valence electrons. The van der Waals surface area contributed by atoms with E-state index in [-0.39, 0.29) is 18.4 Å². The van der Waals surface area contributed by atoms with E-state index in [0.717, 1.165) is 5.39 Å². The number of carbonyl (C=O) groups excluding carboxylic acids is 2. The minimum absolute atomic E-state index is 0.110. The maximum atomic E-state index is 14.1. The first-order chi connectivity index (χ1) is 17.2. The Morgan fingerprint density at radius 2 is 1.74 bits per heavy atom. The van der Waals surface area contributed by atoms with Gasteiger partial charge < -0.3 is 23.7 Å². The highest BCUT2D eigenvalue weighted by molar-refractivity contribution is 6.15. The molecular formula is C27H23N3O5. The van der Waals surface area contributed by atoms with Gasteiger partial charge in [0.15, 0.2) is 11.9 Å². The quantitative estimate of drug-likeness (QED) is 0.454. The van der Waals surface area contributed by atoms with E-state index in [1.54, 1.807) is 34.3 Å². The number of pyridine rings is 1. The summed E-state index contributed by atoms with van der Waals surface area (Å²) in [7, 11) is 0. The molecule has 0 saturated carbocycles. The van der Waals surface area contributed by atoms with Crippen LogP contribution in [0, 0.1) is 0 Å². The molecule has 2 aromatic carbocycles. The number of rotatable bonds is 3. The van der Waals surface area contributed by atoms with Crippen molar-refractivity contribution in [2.45, 2.75) is 6.10 Å². The third kappa shape index (κ3) is 3.91. The van der Waals surface area contributed by atoms with Crippen LogP contribution in [0.25, 0.3) is 22.4 Å². The molecule has 2 amide bonds. The average Bonchev–Trinajstić information content (AvgIpc) is 3.47. The molecule has 0 aliphatic carbocycles. The fraction of sp³-hybridized carbons (Fsp3) is 0.222.